The van der Waals surface area contributed by atoms with E-state index in [4.69, 9.17) is 0 Å². The molecule has 0 aliphatic carbocycles. The maximum Gasteiger partial charge on any atom is 0.223 e. The molecule has 84 valence electrons. The van der Waals surface area contributed by atoms with E-state index in [1.807, 2.05) is 14.0 Å². The van der Waals surface area contributed by atoms with Gasteiger partial charge < -0.3 is 10.6 Å². The van der Waals surface area contributed by atoms with Crippen molar-refractivity contribution in [2.45, 2.75) is 27.7 Å². The van der Waals surface area contributed by atoms with Crippen LogP contribution in [0.3, 0.4) is 0 Å². The third-order valence-electron chi connectivity index (χ3n) is 2.59. The predicted molar refractivity (Wildman–Crippen MR) is 60.1 cm³/mol. The molecule has 2 N–H and O–H groups in total. The number of hydrogen-bond acceptors (Lipinski definition) is 2. The summed E-state index contributed by atoms with van der Waals surface area (Å²) in [5, 5.41) is 6.06. The zero-order valence-electron chi connectivity index (χ0n) is 10.1. The minimum Gasteiger partial charge on any atom is -0.356 e. The number of carbonyl (C=O) groups excluding carboxylic acids is 1. The topological polar surface area (TPSA) is 41.1 Å². The molecule has 0 aliphatic heterocycles. The Balaban J connectivity index is 3.73. The highest BCUT2D eigenvalue weighted by Crippen LogP contribution is 2.09. The second-order valence-corrected chi connectivity index (χ2v) is 4.44. The molecule has 0 aromatic carbocycles. The van der Waals surface area contributed by atoms with Crippen LogP contribution in [0.2, 0.25) is 0 Å². The van der Waals surface area contributed by atoms with Crippen LogP contribution in [0.1, 0.15) is 27.7 Å². The molecule has 0 saturated heterocycles. The average molecular weight is 200 g/mol. The standard InChI is InChI=1S/C11H24N2O/c1-8(2)10(4)11(14)13-7-9(3)6-12-5/h8-10,12H,6-7H2,1-5H3,(H,13,14). The Morgan fingerprint density at radius 3 is 2.14 bits per heavy atom. The van der Waals surface area contributed by atoms with Gasteiger partial charge in [-0.3, -0.25) is 4.79 Å². The first-order valence-electron chi connectivity index (χ1n) is 5.41. The van der Waals surface area contributed by atoms with Gasteiger partial charge in [-0.25, -0.2) is 0 Å². The first-order valence-corrected chi connectivity index (χ1v) is 5.41. The van der Waals surface area contributed by atoms with E-state index >= 15 is 0 Å². The predicted octanol–water partition coefficient (Wildman–Crippen LogP) is 1.25. The van der Waals surface area contributed by atoms with Crippen molar-refractivity contribution in [3.8, 4) is 0 Å². The van der Waals surface area contributed by atoms with E-state index in [0.717, 1.165) is 13.1 Å². The fraction of sp³-hybridized carbons (Fsp3) is 0.909. The Bertz CT molecular complexity index is 169. The second kappa shape index (κ2) is 6.82. The monoisotopic (exact) mass is 200 g/mol. The van der Waals surface area contributed by atoms with Gasteiger partial charge in [-0.2, -0.15) is 0 Å². The van der Waals surface area contributed by atoms with Crippen molar-refractivity contribution in [1.29, 1.82) is 0 Å². The molecule has 0 aliphatic rings. The second-order valence-electron chi connectivity index (χ2n) is 4.44. The molecule has 14 heavy (non-hydrogen) atoms. The Kier molecular flexibility index (Phi) is 6.54. The van der Waals surface area contributed by atoms with E-state index in [-0.39, 0.29) is 11.8 Å². The van der Waals surface area contributed by atoms with Crippen LogP contribution in [-0.4, -0.2) is 26.0 Å². The lowest BCUT2D eigenvalue weighted by molar-refractivity contribution is -0.125. The highest BCUT2D eigenvalue weighted by atomic mass is 16.1. The summed E-state index contributed by atoms with van der Waals surface area (Å²) in [5.41, 5.74) is 0. The molecular formula is C11H24N2O. The molecule has 1 amide bonds. The lowest BCUT2D eigenvalue weighted by Gasteiger charge is -2.17. The van der Waals surface area contributed by atoms with Crippen LogP contribution in [0.4, 0.5) is 0 Å². The molecule has 3 heteroatoms. The van der Waals surface area contributed by atoms with E-state index in [9.17, 15) is 4.79 Å². The average Bonchev–Trinajstić information content (AvgIpc) is 2.13. The minimum atomic E-state index is 0.108. The van der Waals surface area contributed by atoms with Crippen molar-refractivity contribution in [2.75, 3.05) is 20.1 Å². The van der Waals surface area contributed by atoms with Crippen molar-refractivity contribution in [1.82, 2.24) is 10.6 Å². The highest BCUT2D eigenvalue weighted by molar-refractivity contribution is 5.78. The quantitative estimate of drug-likeness (QED) is 0.677. The van der Waals surface area contributed by atoms with Gasteiger partial charge in [0.15, 0.2) is 0 Å². The maximum absolute atomic E-state index is 11.6. The van der Waals surface area contributed by atoms with Gasteiger partial charge in [0, 0.05) is 12.5 Å². The molecule has 0 saturated carbocycles. The van der Waals surface area contributed by atoms with Crippen LogP contribution in [-0.2, 0) is 4.79 Å². The Hall–Kier alpha value is -0.570. The van der Waals surface area contributed by atoms with Crippen molar-refractivity contribution >= 4 is 5.91 Å². The summed E-state index contributed by atoms with van der Waals surface area (Å²) >= 11 is 0. The van der Waals surface area contributed by atoms with Crippen molar-refractivity contribution < 1.29 is 4.79 Å². The van der Waals surface area contributed by atoms with E-state index in [2.05, 4.69) is 31.4 Å². The van der Waals surface area contributed by atoms with Crippen LogP contribution >= 0.6 is 0 Å². The zero-order valence-corrected chi connectivity index (χ0v) is 10.1. The summed E-state index contributed by atoms with van der Waals surface area (Å²) in [7, 11) is 1.93. The molecular weight excluding hydrogens is 176 g/mol. The van der Waals surface area contributed by atoms with Crippen molar-refractivity contribution in [3.05, 3.63) is 0 Å². The van der Waals surface area contributed by atoms with Gasteiger partial charge in [0.05, 0.1) is 0 Å². The van der Waals surface area contributed by atoms with E-state index in [1.54, 1.807) is 0 Å². The van der Waals surface area contributed by atoms with Crippen molar-refractivity contribution in [2.24, 2.45) is 17.8 Å². The van der Waals surface area contributed by atoms with E-state index < -0.39 is 0 Å². The zero-order chi connectivity index (χ0) is 11.1. The Labute approximate surface area is 87.6 Å². The van der Waals surface area contributed by atoms with Gasteiger partial charge in [-0.15, -0.1) is 0 Å². The van der Waals surface area contributed by atoms with Gasteiger partial charge in [-0.05, 0) is 25.4 Å². The SMILES string of the molecule is CNCC(C)CNC(=O)C(C)C(C)C. The third kappa shape index (κ3) is 5.22. The molecule has 0 radical (unpaired) electrons. The fourth-order valence-corrected chi connectivity index (χ4v) is 1.16. The largest absolute Gasteiger partial charge is 0.356 e. The Morgan fingerprint density at radius 1 is 1.14 bits per heavy atom. The molecule has 0 rings (SSSR count). The number of rotatable bonds is 6. The molecule has 0 heterocycles. The van der Waals surface area contributed by atoms with Gasteiger partial charge in [-0.1, -0.05) is 27.7 Å². The van der Waals surface area contributed by atoms with Gasteiger partial charge >= 0.3 is 0 Å². The van der Waals surface area contributed by atoms with Gasteiger partial charge in [0.25, 0.3) is 0 Å². The van der Waals surface area contributed by atoms with Crippen LogP contribution in [0.25, 0.3) is 0 Å². The molecule has 3 nitrogen and oxygen atoms in total. The maximum atomic E-state index is 11.6. The number of carbonyl (C=O) groups is 1. The Morgan fingerprint density at radius 2 is 1.71 bits per heavy atom. The van der Waals surface area contributed by atoms with Crippen LogP contribution < -0.4 is 10.6 Å². The first-order chi connectivity index (χ1) is 6.49. The smallest absolute Gasteiger partial charge is 0.223 e. The number of hydrogen-bond donors (Lipinski definition) is 2. The molecule has 0 spiro atoms. The van der Waals surface area contributed by atoms with Gasteiger partial charge in [0.1, 0.15) is 0 Å². The lowest BCUT2D eigenvalue weighted by atomic mass is 9.97. The third-order valence-corrected chi connectivity index (χ3v) is 2.59. The summed E-state index contributed by atoms with van der Waals surface area (Å²) < 4.78 is 0. The lowest BCUT2D eigenvalue weighted by Crippen LogP contribution is -2.36. The molecule has 2 atom stereocenters. The van der Waals surface area contributed by atoms with E-state index in [0.29, 0.717) is 11.8 Å². The van der Waals surface area contributed by atoms with E-state index in [1.165, 1.54) is 0 Å². The van der Waals surface area contributed by atoms with Gasteiger partial charge in [0.2, 0.25) is 5.91 Å². The van der Waals surface area contributed by atoms with Crippen LogP contribution in [0, 0.1) is 17.8 Å². The molecule has 2 unspecified atom stereocenters. The first kappa shape index (κ1) is 13.4. The van der Waals surface area contributed by atoms with Crippen LogP contribution in [0.5, 0.6) is 0 Å². The normalized spacial score (nSPS) is 15.3. The highest BCUT2D eigenvalue weighted by Gasteiger charge is 2.16. The summed E-state index contributed by atoms with van der Waals surface area (Å²) in [6, 6.07) is 0. The minimum absolute atomic E-state index is 0.108. The van der Waals surface area contributed by atoms with Crippen molar-refractivity contribution in [3.63, 3.8) is 0 Å². The van der Waals surface area contributed by atoms with Crippen LogP contribution in [0.15, 0.2) is 0 Å². The summed E-state index contributed by atoms with van der Waals surface area (Å²) in [5.74, 6) is 1.18. The summed E-state index contributed by atoms with van der Waals surface area (Å²) in [6.07, 6.45) is 0. The molecule has 0 aromatic heterocycles. The number of amides is 1. The molecule has 0 aromatic rings. The fourth-order valence-electron chi connectivity index (χ4n) is 1.16. The summed E-state index contributed by atoms with van der Waals surface area (Å²) in [4.78, 5) is 11.6. The molecule has 0 bridgehead atoms. The molecule has 0 fully saturated rings. The number of nitrogens with one attached hydrogen (secondary N) is 2. The summed E-state index contributed by atoms with van der Waals surface area (Å²) in [6.45, 7) is 9.94.